The zero-order valence-electron chi connectivity index (χ0n) is 7.84. The summed E-state index contributed by atoms with van der Waals surface area (Å²) in [5.74, 6) is 0. The van der Waals surface area contributed by atoms with Gasteiger partial charge in [0.05, 0.1) is 19.3 Å². The van der Waals surface area contributed by atoms with Gasteiger partial charge in [-0.2, -0.15) is 5.26 Å². The van der Waals surface area contributed by atoms with Crippen molar-refractivity contribution in [2.24, 2.45) is 0 Å². The topological polar surface area (TPSA) is 36.3 Å². The monoisotopic (exact) mass is 168 g/mol. The fraction of sp³-hybridized carbons (Fsp3) is 0.889. The predicted molar refractivity (Wildman–Crippen MR) is 46.7 cm³/mol. The zero-order valence-corrected chi connectivity index (χ0v) is 7.84. The molecule has 1 aliphatic rings. The minimum atomic E-state index is -0.288. The average molecular weight is 168 g/mol. The normalized spacial score (nSPS) is 24.4. The van der Waals surface area contributed by atoms with Crippen LogP contribution < -0.4 is 0 Å². The van der Waals surface area contributed by atoms with Crippen molar-refractivity contribution in [1.82, 2.24) is 4.90 Å². The van der Waals surface area contributed by atoms with Crippen molar-refractivity contribution in [2.45, 2.75) is 25.8 Å². The van der Waals surface area contributed by atoms with E-state index in [9.17, 15) is 0 Å². The van der Waals surface area contributed by atoms with Gasteiger partial charge in [0.15, 0.2) is 0 Å². The highest BCUT2D eigenvalue weighted by molar-refractivity contribution is 5.04. The fourth-order valence-corrected chi connectivity index (χ4v) is 1.43. The van der Waals surface area contributed by atoms with Crippen molar-refractivity contribution in [3.63, 3.8) is 0 Å². The maximum Gasteiger partial charge on any atom is 0.106 e. The predicted octanol–water partition coefficient (Wildman–Crippen LogP) is 1.01. The summed E-state index contributed by atoms with van der Waals surface area (Å²) in [7, 11) is 0. The number of rotatable bonds is 2. The Morgan fingerprint density at radius 2 is 2.08 bits per heavy atom. The lowest BCUT2D eigenvalue weighted by Crippen LogP contribution is -2.50. The molecule has 1 saturated heterocycles. The van der Waals surface area contributed by atoms with Gasteiger partial charge in [0.2, 0.25) is 0 Å². The van der Waals surface area contributed by atoms with Crippen LogP contribution in [0.2, 0.25) is 0 Å². The summed E-state index contributed by atoms with van der Waals surface area (Å²) in [6, 6.07) is 2.37. The van der Waals surface area contributed by atoms with E-state index in [4.69, 9.17) is 10.00 Å². The summed E-state index contributed by atoms with van der Waals surface area (Å²) < 4.78 is 5.23. The average Bonchev–Trinajstić information content (AvgIpc) is 2.18. The van der Waals surface area contributed by atoms with Gasteiger partial charge in [-0.25, -0.2) is 0 Å². The number of morpholine rings is 1. The van der Waals surface area contributed by atoms with Gasteiger partial charge in [0, 0.05) is 13.1 Å². The standard InChI is InChI=1S/C9H16N2O/c1-3-9(2,8-10)11-4-6-12-7-5-11/h3-7H2,1-2H3/t9-/m1/s1. The van der Waals surface area contributed by atoms with Gasteiger partial charge in [-0.3, -0.25) is 4.90 Å². The van der Waals surface area contributed by atoms with E-state index in [1.807, 2.05) is 6.92 Å². The summed E-state index contributed by atoms with van der Waals surface area (Å²) in [5.41, 5.74) is -0.288. The molecule has 0 unspecified atom stereocenters. The Bertz CT molecular complexity index is 181. The molecule has 0 amide bonds. The summed E-state index contributed by atoms with van der Waals surface area (Å²) >= 11 is 0. The lowest BCUT2D eigenvalue weighted by atomic mass is 9.98. The molecule has 3 nitrogen and oxygen atoms in total. The summed E-state index contributed by atoms with van der Waals surface area (Å²) in [6.45, 7) is 7.35. The minimum absolute atomic E-state index is 0.288. The summed E-state index contributed by atoms with van der Waals surface area (Å²) in [4.78, 5) is 2.20. The van der Waals surface area contributed by atoms with E-state index in [1.165, 1.54) is 0 Å². The van der Waals surface area contributed by atoms with Gasteiger partial charge in [-0.1, -0.05) is 6.92 Å². The molecule has 1 aliphatic heterocycles. The second kappa shape index (κ2) is 3.88. The van der Waals surface area contributed by atoms with Gasteiger partial charge in [-0.05, 0) is 13.3 Å². The molecule has 68 valence electrons. The van der Waals surface area contributed by atoms with Crippen LogP contribution in [0.15, 0.2) is 0 Å². The van der Waals surface area contributed by atoms with Crippen LogP contribution in [0.3, 0.4) is 0 Å². The number of nitriles is 1. The van der Waals surface area contributed by atoms with Crippen molar-refractivity contribution in [1.29, 1.82) is 5.26 Å². The van der Waals surface area contributed by atoms with Crippen LogP contribution in [0.5, 0.6) is 0 Å². The first kappa shape index (κ1) is 9.50. The van der Waals surface area contributed by atoms with Crippen molar-refractivity contribution in [3.05, 3.63) is 0 Å². The Morgan fingerprint density at radius 3 is 2.50 bits per heavy atom. The molecule has 1 atom stereocenters. The first-order valence-corrected chi connectivity index (χ1v) is 4.47. The van der Waals surface area contributed by atoms with Crippen LogP contribution in [-0.2, 0) is 4.74 Å². The third-order valence-electron chi connectivity index (χ3n) is 2.64. The van der Waals surface area contributed by atoms with Crippen LogP contribution in [0.1, 0.15) is 20.3 Å². The second-order valence-corrected chi connectivity index (χ2v) is 3.34. The Kier molecular flexibility index (Phi) is 3.07. The highest BCUT2D eigenvalue weighted by atomic mass is 16.5. The lowest BCUT2D eigenvalue weighted by molar-refractivity contribution is 0.000790. The molecule has 0 aromatic heterocycles. The highest BCUT2D eigenvalue weighted by Gasteiger charge is 2.30. The Labute approximate surface area is 73.9 Å². The molecule has 0 N–H and O–H groups in total. The summed E-state index contributed by atoms with van der Waals surface area (Å²) in [6.07, 6.45) is 0.878. The molecule has 12 heavy (non-hydrogen) atoms. The van der Waals surface area contributed by atoms with Gasteiger partial charge in [0.25, 0.3) is 0 Å². The highest BCUT2D eigenvalue weighted by Crippen LogP contribution is 2.19. The molecule has 3 heteroatoms. The van der Waals surface area contributed by atoms with Gasteiger partial charge in [0.1, 0.15) is 5.54 Å². The molecule has 0 bridgehead atoms. The van der Waals surface area contributed by atoms with E-state index < -0.39 is 0 Å². The molecular weight excluding hydrogens is 152 g/mol. The molecule has 0 aromatic carbocycles. The fourth-order valence-electron chi connectivity index (χ4n) is 1.43. The van der Waals surface area contributed by atoms with Crippen molar-refractivity contribution < 1.29 is 4.74 Å². The Hall–Kier alpha value is -0.590. The number of nitrogens with zero attached hydrogens (tertiary/aromatic N) is 2. The van der Waals surface area contributed by atoms with Gasteiger partial charge >= 0.3 is 0 Å². The summed E-state index contributed by atoms with van der Waals surface area (Å²) in [5, 5.41) is 9.01. The van der Waals surface area contributed by atoms with E-state index in [0.717, 1.165) is 32.7 Å². The van der Waals surface area contributed by atoms with Crippen LogP contribution in [-0.4, -0.2) is 36.7 Å². The maximum atomic E-state index is 9.01. The third kappa shape index (κ3) is 1.77. The molecule has 0 saturated carbocycles. The molecule has 0 radical (unpaired) electrons. The van der Waals surface area contributed by atoms with E-state index in [0.29, 0.717) is 0 Å². The van der Waals surface area contributed by atoms with Crippen molar-refractivity contribution in [2.75, 3.05) is 26.3 Å². The number of hydrogen-bond acceptors (Lipinski definition) is 3. The third-order valence-corrected chi connectivity index (χ3v) is 2.64. The zero-order chi connectivity index (χ0) is 9.03. The van der Waals surface area contributed by atoms with Crippen LogP contribution >= 0.6 is 0 Å². The molecule has 0 aromatic rings. The van der Waals surface area contributed by atoms with Gasteiger partial charge in [-0.15, -0.1) is 0 Å². The minimum Gasteiger partial charge on any atom is -0.379 e. The molecule has 1 heterocycles. The Morgan fingerprint density at radius 1 is 1.50 bits per heavy atom. The van der Waals surface area contributed by atoms with E-state index in [1.54, 1.807) is 0 Å². The molecular formula is C9H16N2O. The first-order chi connectivity index (χ1) is 5.73. The van der Waals surface area contributed by atoms with E-state index >= 15 is 0 Å². The van der Waals surface area contributed by atoms with Crippen LogP contribution in [0.25, 0.3) is 0 Å². The van der Waals surface area contributed by atoms with Crippen LogP contribution in [0.4, 0.5) is 0 Å². The van der Waals surface area contributed by atoms with Gasteiger partial charge < -0.3 is 4.74 Å². The number of ether oxygens (including phenoxy) is 1. The smallest absolute Gasteiger partial charge is 0.106 e. The van der Waals surface area contributed by atoms with Crippen molar-refractivity contribution in [3.8, 4) is 6.07 Å². The number of hydrogen-bond donors (Lipinski definition) is 0. The SMILES string of the molecule is CC[C@](C)(C#N)N1CCOCC1. The first-order valence-electron chi connectivity index (χ1n) is 4.47. The molecule has 1 fully saturated rings. The second-order valence-electron chi connectivity index (χ2n) is 3.34. The lowest BCUT2D eigenvalue weighted by Gasteiger charge is -2.37. The van der Waals surface area contributed by atoms with Crippen molar-refractivity contribution >= 4 is 0 Å². The van der Waals surface area contributed by atoms with E-state index in [2.05, 4.69) is 17.9 Å². The van der Waals surface area contributed by atoms with Crippen LogP contribution in [0, 0.1) is 11.3 Å². The largest absolute Gasteiger partial charge is 0.379 e. The quantitative estimate of drug-likeness (QED) is 0.617. The molecule has 1 rings (SSSR count). The van der Waals surface area contributed by atoms with E-state index in [-0.39, 0.29) is 5.54 Å². The Balaban J connectivity index is 2.59. The molecule has 0 aliphatic carbocycles. The maximum absolute atomic E-state index is 9.01. The molecule has 0 spiro atoms.